The first kappa shape index (κ1) is 14.8. The van der Waals surface area contributed by atoms with Crippen LogP contribution in [0.25, 0.3) is 0 Å². The van der Waals surface area contributed by atoms with Gasteiger partial charge in [-0.05, 0) is 56.0 Å². The second-order valence-corrected chi connectivity index (χ2v) is 7.44. The molecule has 1 unspecified atom stereocenters. The number of nitrogens with one attached hydrogen (secondary N) is 1. The smallest absolute Gasteiger partial charge is 0.179 e. The highest BCUT2D eigenvalue weighted by atomic mass is 35.5. The highest BCUT2D eigenvalue weighted by Gasteiger charge is 2.21. The molecule has 0 aromatic heterocycles. The van der Waals surface area contributed by atoms with E-state index in [1.807, 2.05) is 0 Å². The van der Waals surface area contributed by atoms with Crippen molar-refractivity contribution in [3.05, 3.63) is 28.5 Å². The zero-order valence-corrected chi connectivity index (χ0v) is 12.3. The van der Waals surface area contributed by atoms with Crippen LogP contribution in [0.5, 0.6) is 0 Å². The van der Waals surface area contributed by atoms with Crippen LogP contribution in [0.2, 0.25) is 5.02 Å². The molecule has 1 N–H and O–H groups in total. The predicted octanol–water partition coefficient (Wildman–Crippen LogP) is 2.42. The largest absolute Gasteiger partial charge is 0.316 e. The summed E-state index contributed by atoms with van der Waals surface area (Å²) in [4.78, 5) is -0.403. The van der Waals surface area contributed by atoms with Crippen molar-refractivity contribution in [2.24, 2.45) is 5.92 Å². The van der Waals surface area contributed by atoms with Gasteiger partial charge in [0, 0.05) is 6.26 Å². The summed E-state index contributed by atoms with van der Waals surface area (Å²) in [6.45, 7) is 1.94. The Morgan fingerprint density at radius 1 is 1.47 bits per heavy atom. The molecule has 1 fully saturated rings. The van der Waals surface area contributed by atoms with Crippen LogP contribution in [-0.4, -0.2) is 27.8 Å². The van der Waals surface area contributed by atoms with Gasteiger partial charge in [-0.25, -0.2) is 12.8 Å². The fourth-order valence-corrected chi connectivity index (χ4v) is 3.99. The number of benzene rings is 1. The van der Waals surface area contributed by atoms with Crippen LogP contribution in [0, 0.1) is 11.7 Å². The average Bonchev–Trinajstić information content (AvgIpc) is 2.27. The minimum Gasteiger partial charge on any atom is -0.316 e. The van der Waals surface area contributed by atoms with Crippen LogP contribution in [-0.2, 0) is 16.3 Å². The van der Waals surface area contributed by atoms with E-state index in [0.29, 0.717) is 12.3 Å². The van der Waals surface area contributed by atoms with Crippen molar-refractivity contribution in [3.8, 4) is 0 Å². The van der Waals surface area contributed by atoms with Gasteiger partial charge in [0.25, 0.3) is 0 Å². The molecule has 6 heteroatoms. The third-order valence-electron chi connectivity index (χ3n) is 3.35. The molecule has 1 atom stereocenters. The standard InChI is InChI=1S/C13H17ClFNO2S/c1-19(17,18)13-11(14)6-10(7-12(13)15)5-9-3-2-4-16-8-9/h6-7,9,16H,2-5,8H2,1H3. The number of hydrogen-bond donors (Lipinski definition) is 1. The number of hydrogen-bond acceptors (Lipinski definition) is 3. The van der Waals surface area contributed by atoms with Crippen LogP contribution < -0.4 is 5.32 Å². The Bertz CT molecular complexity index is 545. The van der Waals surface area contributed by atoms with E-state index in [4.69, 9.17) is 11.6 Å². The Hall–Kier alpha value is -0.650. The van der Waals surface area contributed by atoms with Gasteiger partial charge in [-0.3, -0.25) is 0 Å². The third kappa shape index (κ3) is 3.68. The Balaban J connectivity index is 2.24. The highest BCUT2D eigenvalue weighted by Crippen LogP contribution is 2.28. The zero-order valence-electron chi connectivity index (χ0n) is 10.7. The fourth-order valence-electron chi connectivity index (χ4n) is 2.52. The lowest BCUT2D eigenvalue weighted by Gasteiger charge is -2.23. The average molecular weight is 306 g/mol. The summed E-state index contributed by atoms with van der Waals surface area (Å²) in [5, 5.41) is 3.27. The summed E-state index contributed by atoms with van der Waals surface area (Å²) in [7, 11) is -3.63. The molecule has 0 spiro atoms. The molecule has 3 nitrogen and oxygen atoms in total. The first-order valence-electron chi connectivity index (χ1n) is 6.26. The molecule has 106 valence electrons. The first-order valence-corrected chi connectivity index (χ1v) is 8.53. The summed E-state index contributed by atoms with van der Waals surface area (Å²) in [6.07, 6.45) is 3.89. The van der Waals surface area contributed by atoms with Crippen LogP contribution in [0.15, 0.2) is 17.0 Å². The molecule has 1 heterocycles. The summed E-state index contributed by atoms with van der Waals surface area (Å²) in [6, 6.07) is 2.85. The van der Waals surface area contributed by atoms with E-state index in [2.05, 4.69) is 5.32 Å². The number of rotatable bonds is 3. The van der Waals surface area contributed by atoms with Crippen molar-refractivity contribution in [1.82, 2.24) is 5.32 Å². The predicted molar refractivity (Wildman–Crippen MR) is 73.8 cm³/mol. The summed E-state index contributed by atoms with van der Waals surface area (Å²) >= 11 is 5.90. The highest BCUT2D eigenvalue weighted by molar-refractivity contribution is 7.90. The van der Waals surface area contributed by atoms with Crippen molar-refractivity contribution in [3.63, 3.8) is 0 Å². The molecule has 1 aliphatic rings. The van der Waals surface area contributed by atoms with Gasteiger partial charge in [-0.15, -0.1) is 0 Å². The van der Waals surface area contributed by atoms with Gasteiger partial charge in [-0.2, -0.15) is 0 Å². The Morgan fingerprint density at radius 3 is 2.74 bits per heavy atom. The van der Waals surface area contributed by atoms with Crippen LogP contribution in [0.3, 0.4) is 0 Å². The number of halogens is 2. The number of sulfone groups is 1. The molecule has 0 aliphatic carbocycles. The summed E-state index contributed by atoms with van der Waals surface area (Å²) in [5.74, 6) is -0.304. The molecule has 1 aliphatic heterocycles. The molecule has 0 radical (unpaired) electrons. The zero-order chi connectivity index (χ0) is 14.0. The molecule has 19 heavy (non-hydrogen) atoms. The van der Waals surface area contributed by atoms with Crippen molar-refractivity contribution in [2.75, 3.05) is 19.3 Å². The lowest BCUT2D eigenvalue weighted by molar-refractivity contribution is 0.375. The fraction of sp³-hybridized carbons (Fsp3) is 0.538. The summed E-state index contributed by atoms with van der Waals surface area (Å²) in [5.41, 5.74) is 0.753. The topological polar surface area (TPSA) is 46.2 Å². The van der Waals surface area contributed by atoms with E-state index < -0.39 is 20.5 Å². The molecule has 1 aromatic carbocycles. The van der Waals surface area contributed by atoms with Crippen LogP contribution >= 0.6 is 11.6 Å². The molecule has 1 aromatic rings. The van der Waals surface area contributed by atoms with E-state index in [-0.39, 0.29) is 5.02 Å². The van der Waals surface area contributed by atoms with Crippen molar-refractivity contribution >= 4 is 21.4 Å². The van der Waals surface area contributed by atoms with Gasteiger partial charge in [0.15, 0.2) is 9.84 Å². The molecule has 0 saturated carbocycles. The van der Waals surface area contributed by atoms with E-state index in [0.717, 1.165) is 37.8 Å². The maximum atomic E-state index is 13.9. The van der Waals surface area contributed by atoms with Crippen molar-refractivity contribution in [1.29, 1.82) is 0 Å². The minimum absolute atomic E-state index is 0.0266. The Labute approximate surface area is 118 Å². The van der Waals surface area contributed by atoms with Gasteiger partial charge in [0.2, 0.25) is 0 Å². The lowest BCUT2D eigenvalue weighted by Crippen LogP contribution is -2.30. The Kier molecular flexibility index (Phi) is 4.48. The van der Waals surface area contributed by atoms with Crippen LogP contribution in [0.4, 0.5) is 4.39 Å². The van der Waals surface area contributed by atoms with E-state index in [1.165, 1.54) is 6.07 Å². The third-order valence-corrected chi connectivity index (χ3v) is 4.92. The maximum Gasteiger partial charge on any atom is 0.179 e. The maximum absolute atomic E-state index is 13.9. The van der Waals surface area contributed by atoms with Gasteiger partial charge in [0.05, 0.1) is 5.02 Å². The molecule has 2 rings (SSSR count). The molecular formula is C13H17ClFNO2S. The SMILES string of the molecule is CS(=O)(=O)c1c(F)cc(CC2CCCNC2)cc1Cl. The van der Waals surface area contributed by atoms with Gasteiger partial charge in [-0.1, -0.05) is 11.6 Å². The van der Waals surface area contributed by atoms with E-state index in [9.17, 15) is 12.8 Å². The van der Waals surface area contributed by atoms with E-state index in [1.54, 1.807) is 6.07 Å². The van der Waals surface area contributed by atoms with E-state index >= 15 is 0 Å². The monoisotopic (exact) mass is 305 g/mol. The Morgan fingerprint density at radius 2 is 2.21 bits per heavy atom. The lowest BCUT2D eigenvalue weighted by atomic mass is 9.92. The molecule has 0 bridgehead atoms. The normalized spacial score (nSPS) is 20.5. The van der Waals surface area contributed by atoms with Gasteiger partial charge >= 0.3 is 0 Å². The second kappa shape index (κ2) is 5.77. The summed E-state index contributed by atoms with van der Waals surface area (Å²) < 4.78 is 36.8. The molecule has 0 amide bonds. The van der Waals surface area contributed by atoms with Crippen LogP contribution in [0.1, 0.15) is 18.4 Å². The molecule has 1 saturated heterocycles. The molecular weight excluding hydrogens is 289 g/mol. The van der Waals surface area contributed by atoms with Crippen molar-refractivity contribution in [2.45, 2.75) is 24.2 Å². The number of piperidine rings is 1. The van der Waals surface area contributed by atoms with Crippen molar-refractivity contribution < 1.29 is 12.8 Å². The van der Waals surface area contributed by atoms with Gasteiger partial charge in [0.1, 0.15) is 10.7 Å². The van der Waals surface area contributed by atoms with Gasteiger partial charge < -0.3 is 5.32 Å². The first-order chi connectivity index (χ1) is 8.88. The second-order valence-electron chi connectivity index (χ2n) is 5.08. The quantitative estimate of drug-likeness (QED) is 0.933. The minimum atomic E-state index is -3.63.